The van der Waals surface area contributed by atoms with Gasteiger partial charge in [-0.1, -0.05) is 104 Å². The van der Waals surface area contributed by atoms with Gasteiger partial charge in [0.1, 0.15) is 0 Å². The molecule has 8 rings (SSSR count). The number of hydrogen-bond acceptors (Lipinski definition) is 2. The Kier molecular flexibility index (Phi) is 11.0. The molecule has 0 aliphatic heterocycles. The van der Waals surface area contributed by atoms with Crippen molar-refractivity contribution >= 4 is 66.4 Å². The molecule has 0 saturated heterocycles. The molecule has 2 nitrogen and oxygen atoms in total. The fourth-order valence-electron chi connectivity index (χ4n) is 8.80. The molecule has 0 spiro atoms. The summed E-state index contributed by atoms with van der Waals surface area (Å²) in [7, 11) is 0. The fourth-order valence-corrected chi connectivity index (χ4v) is 8.80. The SMILES string of the molecule is CC(C)c1ccc(N(c2ccc(C(F)(F)F)cc2)c2cc(C(C)C)c3ccc4c(N(c5ccc(C(C)C)cc5)c5ccc(C(F)(F)F)cc5)cc(C(C)C)c5ccc2c3c54)cc1. The van der Waals surface area contributed by atoms with E-state index in [0.29, 0.717) is 11.4 Å². The maximum Gasteiger partial charge on any atom is 0.416 e. The Hall–Kier alpha value is -6.02. The van der Waals surface area contributed by atoms with E-state index in [-0.39, 0.29) is 23.7 Å². The molecule has 0 aliphatic carbocycles. The molecule has 0 atom stereocenters. The molecule has 0 radical (unpaired) electrons. The summed E-state index contributed by atoms with van der Waals surface area (Å²) in [6.07, 6.45) is -8.98. The van der Waals surface area contributed by atoms with Crippen molar-refractivity contribution in [1.29, 1.82) is 0 Å². The van der Waals surface area contributed by atoms with Crippen LogP contribution >= 0.6 is 0 Å². The van der Waals surface area contributed by atoms with Crippen molar-refractivity contribution in [3.05, 3.63) is 167 Å². The first-order valence-electron chi connectivity index (χ1n) is 21.3. The van der Waals surface area contributed by atoms with Crippen LogP contribution in [0.25, 0.3) is 32.3 Å². The lowest BCUT2D eigenvalue weighted by Crippen LogP contribution is -2.14. The summed E-state index contributed by atoms with van der Waals surface area (Å²) in [5.41, 5.74) is 7.44. The summed E-state index contributed by atoms with van der Waals surface area (Å²) in [4.78, 5) is 4.11. The third-order valence-electron chi connectivity index (χ3n) is 12.2. The van der Waals surface area contributed by atoms with Gasteiger partial charge in [-0.15, -0.1) is 0 Å². The summed E-state index contributed by atoms with van der Waals surface area (Å²) in [5, 5.41) is 6.00. The average molecular weight is 841 g/mol. The lowest BCUT2D eigenvalue weighted by atomic mass is 9.84. The highest BCUT2D eigenvalue weighted by atomic mass is 19.4. The highest BCUT2D eigenvalue weighted by Crippen LogP contribution is 2.51. The highest BCUT2D eigenvalue weighted by Gasteiger charge is 2.32. The second kappa shape index (κ2) is 16.0. The van der Waals surface area contributed by atoms with Gasteiger partial charge >= 0.3 is 12.4 Å². The number of benzene rings is 8. The first-order chi connectivity index (χ1) is 29.3. The maximum absolute atomic E-state index is 13.9. The van der Waals surface area contributed by atoms with Gasteiger partial charge in [0, 0.05) is 33.5 Å². The van der Waals surface area contributed by atoms with Gasteiger partial charge in [-0.25, -0.2) is 0 Å². The second-order valence-corrected chi connectivity index (χ2v) is 17.6. The van der Waals surface area contributed by atoms with Gasteiger partial charge in [0.25, 0.3) is 0 Å². The van der Waals surface area contributed by atoms with Crippen LogP contribution in [0.1, 0.15) is 112 Å². The van der Waals surface area contributed by atoms with E-state index in [1.54, 1.807) is 0 Å². The summed E-state index contributed by atoms with van der Waals surface area (Å²) in [6.45, 7) is 17.1. The van der Waals surface area contributed by atoms with E-state index >= 15 is 0 Å². The Morgan fingerprint density at radius 3 is 0.871 bits per heavy atom. The van der Waals surface area contributed by atoms with E-state index in [2.05, 4.69) is 126 Å². The van der Waals surface area contributed by atoms with Gasteiger partial charge in [0.2, 0.25) is 0 Å². The molecule has 8 heteroatoms. The first-order valence-corrected chi connectivity index (χ1v) is 21.3. The summed E-state index contributed by atoms with van der Waals surface area (Å²) in [5.74, 6) is 0.710. The largest absolute Gasteiger partial charge is 0.416 e. The third-order valence-corrected chi connectivity index (χ3v) is 12.2. The minimum Gasteiger partial charge on any atom is -0.310 e. The number of alkyl halides is 6. The smallest absolute Gasteiger partial charge is 0.310 e. The van der Waals surface area contributed by atoms with E-state index in [1.165, 1.54) is 24.3 Å². The van der Waals surface area contributed by atoms with Crippen LogP contribution in [0.15, 0.2) is 133 Å². The first kappa shape index (κ1) is 42.7. The van der Waals surface area contributed by atoms with Crippen LogP contribution in [-0.2, 0) is 12.4 Å². The molecule has 0 saturated carbocycles. The fraction of sp³-hybridized carbons (Fsp3) is 0.259. The number of hydrogen-bond donors (Lipinski definition) is 0. The Bertz CT molecular complexity index is 2650. The van der Waals surface area contributed by atoms with Crippen molar-refractivity contribution in [2.24, 2.45) is 0 Å². The topological polar surface area (TPSA) is 6.48 Å². The van der Waals surface area contributed by atoms with Crippen molar-refractivity contribution in [2.45, 2.75) is 91.4 Å². The molecule has 0 amide bonds. The van der Waals surface area contributed by atoms with Gasteiger partial charge in [0.15, 0.2) is 0 Å². The summed E-state index contributed by atoms with van der Waals surface area (Å²) in [6, 6.07) is 40.0. The zero-order valence-electron chi connectivity index (χ0n) is 36.2. The molecule has 8 aromatic rings. The van der Waals surface area contributed by atoms with Crippen molar-refractivity contribution in [1.82, 2.24) is 0 Å². The van der Waals surface area contributed by atoms with E-state index < -0.39 is 23.5 Å². The van der Waals surface area contributed by atoms with Crippen LogP contribution < -0.4 is 9.80 Å². The number of nitrogens with zero attached hydrogens (tertiary/aromatic N) is 2. The van der Waals surface area contributed by atoms with Crippen LogP contribution in [0.4, 0.5) is 60.5 Å². The van der Waals surface area contributed by atoms with E-state index in [9.17, 15) is 26.3 Å². The standard InChI is InChI=1S/C54H50F6N2/c1-31(2)35-9-17-39(18-10-35)61(41-21-13-37(14-22-41)53(55,56)57)49-29-47(33(5)6)43-26-28-46-50(30-48(34(7)8)44-25-27-45(49)51(43)52(44)46)62(40-19-11-36(12-20-40)32(3)4)42-23-15-38(16-24-42)54(58,59)60/h9-34H,1-8H3. The van der Waals surface area contributed by atoms with Gasteiger partial charge in [0.05, 0.1) is 22.5 Å². The Morgan fingerprint density at radius 2 is 0.613 bits per heavy atom. The monoisotopic (exact) mass is 840 g/mol. The number of rotatable bonds is 10. The zero-order chi connectivity index (χ0) is 44.4. The van der Waals surface area contributed by atoms with Crippen LogP contribution in [-0.4, -0.2) is 0 Å². The lowest BCUT2D eigenvalue weighted by Gasteiger charge is -2.32. The third kappa shape index (κ3) is 7.73. The van der Waals surface area contributed by atoms with Crippen molar-refractivity contribution in [3.8, 4) is 0 Å². The van der Waals surface area contributed by atoms with Gasteiger partial charge in [-0.2, -0.15) is 26.3 Å². The molecule has 0 heterocycles. The molecule has 8 aromatic carbocycles. The highest BCUT2D eigenvalue weighted by molar-refractivity contribution is 6.29. The van der Waals surface area contributed by atoms with Crippen molar-refractivity contribution < 1.29 is 26.3 Å². The molecule has 0 fully saturated rings. The average Bonchev–Trinajstić information content (AvgIpc) is 3.23. The minimum atomic E-state index is -4.49. The molecule has 62 heavy (non-hydrogen) atoms. The quantitative estimate of drug-likeness (QED) is 0.1000. The Balaban J connectivity index is 1.47. The Morgan fingerprint density at radius 1 is 0.339 bits per heavy atom. The molecular formula is C54H50F6N2. The maximum atomic E-state index is 13.9. The molecule has 0 aromatic heterocycles. The number of anilines is 6. The molecule has 0 aliphatic rings. The van der Waals surface area contributed by atoms with Gasteiger partial charge in [-0.05, 0) is 152 Å². The normalized spacial score (nSPS) is 12.6. The number of halogens is 6. The van der Waals surface area contributed by atoms with Gasteiger partial charge < -0.3 is 9.80 Å². The zero-order valence-corrected chi connectivity index (χ0v) is 36.2. The van der Waals surface area contributed by atoms with E-state index in [0.717, 1.165) is 102 Å². The van der Waals surface area contributed by atoms with E-state index in [4.69, 9.17) is 0 Å². The predicted octanol–water partition coefficient (Wildman–Crippen LogP) is 18.1. The molecule has 318 valence electrons. The van der Waals surface area contributed by atoms with Crippen LogP contribution in [0.2, 0.25) is 0 Å². The molecule has 0 bridgehead atoms. The summed E-state index contributed by atoms with van der Waals surface area (Å²) < 4.78 is 83.5. The predicted molar refractivity (Wildman–Crippen MR) is 246 cm³/mol. The van der Waals surface area contributed by atoms with Crippen LogP contribution in [0.5, 0.6) is 0 Å². The van der Waals surface area contributed by atoms with Crippen LogP contribution in [0, 0.1) is 0 Å². The van der Waals surface area contributed by atoms with Crippen LogP contribution in [0.3, 0.4) is 0 Å². The van der Waals surface area contributed by atoms with Crippen molar-refractivity contribution in [2.75, 3.05) is 9.80 Å². The van der Waals surface area contributed by atoms with Crippen molar-refractivity contribution in [3.63, 3.8) is 0 Å². The van der Waals surface area contributed by atoms with E-state index in [1.807, 2.05) is 24.3 Å². The second-order valence-electron chi connectivity index (χ2n) is 17.6. The summed E-state index contributed by atoms with van der Waals surface area (Å²) >= 11 is 0. The van der Waals surface area contributed by atoms with Gasteiger partial charge in [-0.3, -0.25) is 0 Å². The Labute approximate surface area is 359 Å². The molecule has 0 N–H and O–H groups in total. The lowest BCUT2D eigenvalue weighted by molar-refractivity contribution is -0.138. The molecular weight excluding hydrogens is 791 g/mol. The minimum absolute atomic E-state index is 0.0725. The molecule has 0 unspecified atom stereocenters.